The van der Waals surface area contributed by atoms with E-state index in [1.807, 2.05) is 70.0 Å². The average Bonchev–Trinajstić information content (AvgIpc) is 2.48. The van der Waals surface area contributed by atoms with Crippen LogP contribution in [0.25, 0.3) is 0 Å². The zero-order chi connectivity index (χ0) is 16.0. The Balaban J connectivity index is 0. The molecule has 4 heteroatoms. The van der Waals surface area contributed by atoms with Gasteiger partial charge in [0.05, 0.1) is 0 Å². The van der Waals surface area contributed by atoms with Gasteiger partial charge in [0, 0.05) is 34.4 Å². The van der Waals surface area contributed by atoms with Gasteiger partial charge in [-0.05, 0) is 24.9 Å². The van der Waals surface area contributed by atoms with Gasteiger partial charge in [-0.1, -0.05) is 32.6 Å². The van der Waals surface area contributed by atoms with Crippen molar-refractivity contribution in [3.05, 3.63) is 48.9 Å². The lowest BCUT2D eigenvalue weighted by Crippen LogP contribution is -2.09. The van der Waals surface area contributed by atoms with Gasteiger partial charge in [-0.25, -0.2) is 9.98 Å². The summed E-state index contributed by atoms with van der Waals surface area (Å²) in [7, 11) is 7.76. The summed E-state index contributed by atoms with van der Waals surface area (Å²) in [6.07, 6.45) is 5.27. The smallest absolute Gasteiger partial charge is 0.127 e. The lowest BCUT2D eigenvalue weighted by atomic mass is 10.4. The second kappa shape index (κ2) is 13.3. The Bertz CT molecular complexity index is 381. The molecule has 0 N–H and O–H groups in total. The molecule has 0 unspecified atom stereocenters. The largest absolute Gasteiger partial charge is 0.363 e. The van der Waals surface area contributed by atoms with Gasteiger partial charge >= 0.3 is 0 Å². The number of anilines is 1. The second-order valence-electron chi connectivity index (χ2n) is 3.90. The SMILES string of the molecule is C=C/C=C(\N=C)N(C)C.CC.CN(C)c1ccccn1. The fraction of sp³-hybridized carbons (Fsp3) is 0.375. The zero-order valence-electron chi connectivity index (χ0n) is 13.7. The normalized spacial score (nSPS) is 9.20. The predicted octanol–water partition coefficient (Wildman–Crippen LogP) is 3.45. The van der Waals surface area contributed by atoms with E-state index in [-0.39, 0.29) is 0 Å². The van der Waals surface area contributed by atoms with E-state index in [9.17, 15) is 0 Å². The Kier molecular flexibility index (Phi) is 13.5. The standard InChI is InChI=1S/C7H10N2.C7H12N2.C2H6/c1-9(2)7-5-3-4-6-8-7;1-5-6-7(8-2)9(3)4;1-2/h3-6H,1-2H3;5-6H,1-2H2,3-4H3;1-2H3/b;7-6+;. The minimum Gasteiger partial charge on any atom is -0.363 e. The average molecular weight is 276 g/mol. The van der Waals surface area contributed by atoms with Gasteiger partial charge in [0.25, 0.3) is 0 Å². The molecular weight excluding hydrogens is 248 g/mol. The highest BCUT2D eigenvalue weighted by Crippen LogP contribution is 2.02. The Morgan fingerprint density at radius 2 is 1.80 bits per heavy atom. The molecule has 0 bridgehead atoms. The van der Waals surface area contributed by atoms with E-state index in [2.05, 4.69) is 23.3 Å². The fourth-order valence-corrected chi connectivity index (χ4v) is 1.07. The van der Waals surface area contributed by atoms with Crippen molar-refractivity contribution in [1.29, 1.82) is 0 Å². The Morgan fingerprint density at radius 3 is 2.00 bits per heavy atom. The van der Waals surface area contributed by atoms with Crippen LogP contribution in [0.4, 0.5) is 5.82 Å². The minimum absolute atomic E-state index is 0.824. The number of nitrogens with zero attached hydrogens (tertiary/aromatic N) is 4. The van der Waals surface area contributed by atoms with E-state index in [0.29, 0.717) is 0 Å². The number of pyridine rings is 1. The monoisotopic (exact) mass is 276 g/mol. The van der Waals surface area contributed by atoms with E-state index >= 15 is 0 Å². The molecule has 0 fully saturated rings. The minimum atomic E-state index is 0.824. The molecule has 0 amide bonds. The number of aromatic nitrogens is 1. The third-order valence-electron chi connectivity index (χ3n) is 1.99. The summed E-state index contributed by atoms with van der Waals surface area (Å²) in [5.41, 5.74) is 0. The molecule has 0 aliphatic carbocycles. The highest BCUT2D eigenvalue weighted by Gasteiger charge is 1.90. The molecule has 0 saturated heterocycles. The summed E-state index contributed by atoms with van der Waals surface area (Å²) >= 11 is 0. The number of rotatable bonds is 4. The highest BCUT2D eigenvalue weighted by molar-refractivity contribution is 5.34. The first-order valence-corrected chi connectivity index (χ1v) is 6.58. The highest BCUT2D eigenvalue weighted by atomic mass is 15.2. The predicted molar refractivity (Wildman–Crippen MR) is 91.4 cm³/mol. The first kappa shape index (κ1) is 20.2. The Morgan fingerprint density at radius 1 is 1.20 bits per heavy atom. The van der Waals surface area contributed by atoms with Crippen molar-refractivity contribution < 1.29 is 0 Å². The van der Waals surface area contributed by atoms with Crippen LogP contribution in [0.3, 0.4) is 0 Å². The summed E-state index contributed by atoms with van der Waals surface area (Å²) in [5, 5.41) is 0. The van der Waals surface area contributed by atoms with E-state index in [1.165, 1.54) is 0 Å². The van der Waals surface area contributed by atoms with Crippen molar-refractivity contribution in [2.45, 2.75) is 13.8 Å². The third-order valence-corrected chi connectivity index (χ3v) is 1.99. The Labute approximate surface area is 124 Å². The first-order valence-electron chi connectivity index (χ1n) is 6.58. The van der Waals surface area contributed by atoms with Gasteiger partial charge in [-0.2, -0.15) is 0 Å². The zero-order valence-corrected chi connectivity index (χ0v) is 13.7. The van der Waals surface area contributed by atoms with Crippen molar-refractivity contribution in [1.82, 2.24) is 9.88 Å². The topological polar surface area (TPSA) is 31.7 Å². The molecule has 1 aromatic heterocycles. The van der Waals surface area contributed by atoms with Crippen molar-refractivity contribution in [2.24, 2.45) is 4.99 Å². The lowest BCUT2D eigenvalue weighted by Gasteiger charge is -2.10. The van der Waals surface area contributed by atoms with Crippen LogP contribution in [0.15, 0.2) is 53.9 Å². The maximum absolute atomic E-state index is 4.10. The molecule has 0 saturated carbocycles. The summed E-state index contributed by atoms with van der Waals surface area (Å²) in [6.45, 7) is 10.9. The second-order valence-corrected chi connectivity index (χ2v) is 3.90. The molecule has 0 radical (unpaired) electrons. The molecule has 112 valence electrons. The Hall–Kier alpha value is -2.10. The van der Waals surface area contributed by atoms with Crippen LogP contribution in [-0.4, -0.2) is 44.8 Å². The molecule has 20 heavy (non-hydrogen) atoms. The molecule has 1 rings (SSSR count). The fourth-order valence-electron chi connectivity index (χ4n) is 1.07. The van der Waals surface area contributed by atoms with Gasteiger partial charge < -0.3 is 9.80 Å². The maximum atomic E-state index is 4.10. The van der Waals surface area contributed by atoms with Crippen molar-refractivity contribution in [3.63, 3.8) is 0 Å². The van der Waals surface area contributed by atoms with E-state index in [4.69, 9.17) is 0 Å². The molecule has 0 atom stereocenters. The van der Waals surface area contributed by atoms with Crippen LogP contribution in [0.2, 0.25) is 0 Å². The molecular formula is C16H28N4. The van der Waals surface area contributed by atoms with Crippen molar-refractivity contribution >= 4 is 12.5 Å². The molecule has 1 aromatic rings. The number of hydrogen-bond acceptors (Lipinski definition) is 4. The molecule has 0 aliphatic heterocycles. The molecule has 0 spiro atoms. The summed E-state index contributed by atoms with van der Waals surface area (Å²) in [6, 6.07) is 5.86. The summed E-state index contributed by atoms with van der Waals surface area (Å²) < 4.78 is 0. The van der Waals surface area contributed by atoms with Crippen molar-refractivity contribution in [2.75, 3.05) is 33.1 Å². The van der Waals surface area contributed by atoms with Crippen LogP contribution in [0, 0.1) is 0 Å². The van der Waals surface area contributed by atoms with Crippen LogP contribution < -0.4 is 4.90 Å². The van der Waals surface area contributed by atoms with Gasteiger partial charge in [-0.3, -0.25) is 0 Å². The quantitative estimate of drug-likeness (QED) is 0.623. The van der Waals surface area contributed by atoms with Crippen LogP contribution in [0.5, 0.6) is 0 Å². The summed E-state index contributed by atoms with van der Waals surface area (Å²) in [5.74, 6) is 1.82. The molecule has 1 heterocycles. The number of hydrogen-bond donors (Lipinski definition) is 0. The van der Waals surface area contributed by atoms with Gasteiger partial charge in [0.2, 0.25) is 0 Å². The van der Waals surface area contributed by atoms with Gasteiger partial charge in [-0.15, -0.1) is 0 Å². The lowest BCUT2D eigenvalue weighted by molar-refractivity contribution is 0.508. The number of allylic oxidation sites excluding steroid dienone is 2. The van der Waals surface area contributed by atoms with E-state index in [0.717, 1.165) is 11.6 Å². The molecule has 0 aliphatic rings. The maximum Gasteiger partial charge on any atom is 0.127 e. The van der Waals surface area contributed by atoms with E-state index < -0.39 is 0 Å². The van der Waals surface area contributed by atoms with Crippen LogP contribution in [-0.2, 0) is 0 Å². The van der Waals surface area contributed by atoms with Crippen LogP contribution >= 0.6 is 0 Å². The van der Waals surface area contributed by atoms with Crippen LogP contribution in [0.1, 0.15) is 13.8 Å². The van der Waals surface area contributed by atoms with Gasteiger partial charge in [0.15, 0.2) is 0 Å². The first-order chi connectivity index (χ1) is 9.52. The number of aliphatic imine (C=N–C) groups is 1. The molecule has 4 nitrogen and oxygen atoms in total. The van der Waals surface area contributed by atoms with Crippen molar-refractivity contribution in [3.8, 4) is 0 Å². The van der Waals surface area contributed by atoms with Gasteiger partial charge in [0.1, 0.15) is 11.6 Å². The third kappa shape index (κ3) is 9.88. The summed E-state index contributed by atoms with van der Waals surface area (Å²) in [4.78, 5) is 11.7. The van der Waals surface area contributed by atoms with E-state index in [1.54, 1.807) is 18.3 Å². The molecule has 0 aromatic carbocycles.